The molecule has 1 aromatic heterocycles. The largest absolute Gasteiger partial charge is 0.329 e. The molecule has 0 aliphatic carbocycles. The molecule has 2 rings (SSSR count). The normalized spacial score (nSPS) is 17.1. The standard InChI is InChI=1S/C18H31FN4O2S/c1-3-9-23(26(24,25)22-10-4-5-11-22)16(12-20)7-6-8-17-15(2)13-21-14-18(17)19/h13-14,16H,3-12,20H2,1-2H3/t16-/m0/s1. The Kier molecular flexibility index (Phi) is 7.94. The maximum Gasteiger partial charge on any atom is 0.282 e. The van der Waals surface area contributed by atoms with Crippen LogP contribution in [0.5, 0.6) is 0 Å². The highest BCUT2D eigenvalue weighted by molar-refractivity contribution is 7.86. The van der Waals surface area contributed by atoms with Gasteiger partial charge in [-0.25, -0.2) is 4.39 Å². The second-order valence-corrected chi connectivity index (χ2v) is 8.80. The lowest BCUT2D eigenvalue weighted by Crippen LogP contribution is -2.50. The zero-order valence-corrected chi connectivity index (χ0v) is 16.6. The van der Waals surface area contributed by atoms with Gasteiger partial charge in [0.15, 0.2) is 0 Å². The summed E-state index contributed by atoms with van der Waals surface area (Å²) in [4.78, 5) is 3.84. The van der Waals surface area contributed by atoms with Crippen molar-refractivity contribution in [2.24, 2.45) is 5.73 Å². The van der Waals surface area contributed by atoms with Crippen molar-refractivity contribution in [3.8, 4) is 0 Å². The van der Waals surface area contributed by atoms with Gasteiger partial charge in [-0.3, -0.25) is 4.98 Å². The van der Waals surface area contributed by atoms with E-state index in [1.165, 1.54) is 6.20 Å². The molecule has 0 unspecified atom stereocenters. The molecule has 0 spiro atoms. The Labute approximate surface area is 156 Å². The first-order valence-electron chi connectivity index (χ1n) is 9.47. The Morgan fingerprint density at radius 1 is 1.35 bits per heavy atom. The molecule has 6 nitrogen and oxygen atoms in total. The molecule has 0 amide bonds. The Hall–Kier alpha value is -1.09. The third kappa shape index (κ3) is 5.00. The van der Waals surface area contributed by atoms with Crippen molar-refractivity contribution in [2.75, 3.05) is 26.2 Å². The second kappa shape index (κ2) is 9.73. The van der Waals surface area contributed by atoms with E-state index in [-0.39, 0.29) is 18.4 Å². The Bertz CT molecular complexity index is 658. The molecule has 1 atom stereocenters. The molecular weight excluding hydrogens is 355 g/mol. The van der Waals surface area contributed by atoms with E-state index in [2.05, 4.69) is 4.98 Å². The van der Waals surface area contributed by atoms with E-state index in [4.69, 9.17) is 5.73 Å². The van der Waals surface area contributed by atoms with Crippen molar-refractivity contribution in [1.29, 1.82) is 0 Å². The first-order valence-corrected chi connectivity index (χ1v) is 10.9. The van der Waals surface area contributed by atoms with Crippen LogP contribution in [0.15, 0.2) is 12.4 Å². The average molecular weight is 387 g/mol. The number of rotatable bonds is 10. The highest BCUT2D eigenvalue weighted by Crippen LogP contribution is 2.22. The van der Waals surface area contributed by atoms with Crippen molar-refractivity contribution < 1.29 is 12.8 Å². The van der Waals surface area contributed by atoms with E-state index in [0.717, 1.165) is 24.8 Å². The van der Waals surface area contributed by atoms with Crippen molar-refractivity contribution in [3.63, 3.8) is 0 Å². The topological polar surface area (TPSA) is 79.5 Å². The van der Waals surface area contributed by atoms with E-state index < -0.39 is 10.2 Å². The van der Waals surface area contributed by atoms with Gasteiger partial charge >= 0.3 is 0 Å². The quantitative estimate of drug-likeness (QED) is 0.669. The van der Waals surface area contributed by atoms with Crippen molar-refractivity contribution in [3.05, 3.63) is 29.3 Å². The lowest BCUT2D eigenvalue weighted by Gasteiger charge is -2.33. The predicted octanol–water partition coefficient (Wildman–Crippen LogP) is 2.23. The maximum absolute atomic E-state index is 13.9. The number of nitrogens with two attached hydrogens (primary N) is 1. The van der Waals surface area contributed by atoms with Gasteiger partial charge in [-0.2, -0.15) is 17.0 Å². The number of pyridine rings is 1. The summed E-state index contributed by atoms with van der Waals surface area (Å²) in [5.74, 6) is -0.301. The van der Waals surface area contributed by atoms with Gasteiger partial charge in [0.2, 0.25) is 0 Å². The minimum absolute atomic E-state index is 0.259. The molecule has 1 fully saturated rings. The number of hydrogen-bond donors (Lipinski definition) is 1. The zero-order valence-electron chi connectivity index (χ0n) is 15.8. The molecule has 1 aromatic rings. The summed E-state index contributed by atoms with van der Waals surface area (Å²) in [6.45, 7) is 5.71. The third-order valence-corrected chi connectivity index (χ3v) is 7.09. The summed E-state index contributed by atoms with van der Waals surface area (Å²) in [5, 5.41) is 0. The minimum atomic E-state index is -3.48. The fourth-order valence-corrected chi connectivity index (χ4v) is 5.54. The van der Waals surface area contributed by atoms with Crippen molar-refractivity contribution in [1.82, 2.24) is 13.6 Å². The van der Waals surface area contributed by atoms with Crippen LogP contribution in [0.3, 0.4) is 0 Å². The Morgan fingerprint density at radius 2 is 2.04 bits per heavy atom. The average Bonchev–Trinajstić information content (AvgIpc) is 3.15. The van der Waals surface area contributed by atoms with Crippen LogP contribution < -0.4 is 5.73 Å². The minimum Gasteiger partial charge on any atom is -0.329 e. The predicted molar refractivity (Wildman–Crippen MR) is 101 cm³/mol. The molecule has 148 valence electrons. The van der Waals surface area contributed by atoms with Crippen LogP contribution in [0.2, 0.25) is 0 Å². The van der Waals surface area contributed by atoms with Gasteiger partial charge < -0.3 is 5.73 Å². The maximum atomic E-state index is 13.9. The van der Waals surface area contributed by atoms with Crippen molar-refractivity contribution >= 4 is 10.2 Å². The number of hydrogen-bond acceptors (Lipinski definition) is 4. The molecule has 2 heterocycles. The van der Waals surface area contributed by atoms with Gasteiger partial charge in [-0.1, -0.05) is 6.92 Å². The zero-order chi connectivity index (χ0) is 19.2. The molecule has 8 heteroatoms. The fourth-order valence-electron chi connectivity index (χ4n) is 3.54. The molecule has 1 aliphatic rings. The third-order valence-electron chi connectivity index (χ3n) is 5.00. The summed E-state index contributed by atoms with van der Waals surface area (Å²) in [6, 6.07) is -0.259. The summed E-state index contributed by atoms with van der Waals surface area (Å²) in [6.07, 6.45) is 7.29. The Balaban J connectivity index is 2.06. The van der Waals surface area contributed by atoms with Gasteiger partial charge in [-0.15, -0.1) is 0 Å². The SMILES string of the molecule is CCCN([C@H](CN)CCCc1c(C)cncc1F)S(=O)(=O)N1CCCC1. The van der Waals surface area contributed by atoms with E-state index in [1.807, 2.05) is 13.8 Å². The van der Waals surface area contributed by atoms with Crippen LogP contribution in [0, 0.1) is 12.7 Å². The van der Waals surface area contributed by atoms with Gasteiger partial charge in [0.25, 0.3) is 10.2 Å². The highest BCUT2D eigenvalue weighted by atomic mass is 32.2. The summed E-state index contributed by atoms with van der Waals surface area (Å²) in [7, 11) is -3.48. The van der Waals surface area contributed by atoms with Gasteiger partial charge in [0.05, 0.1) is 6.20 Å². The van der Waals surface area contributed by atoms with E-state index in [0.29, 0.717) is 44.5 Å². The molecule has 1 saturated heterocycles. The second-order valence-electron chi connectivity index (χ2n) is 6.92. The lowest BCUT2D eigenvalue weighted by atomic mass is 10.0. The summed E-state index contributed by atoms with van der Waals surface area (Å²) < 4.78 is 43.0. The van der Waals surface area contributed by atoms with Crippen LogP contribution in [-0.4, -0.2) is 54.2 Å². The van der Waals surface area contributed by atoms with E-state index in [1.54, 1.807) is 14.8 Å². The first-order chi connectivity index (χ1) is 12.4. The molecule has 0 aromatic carbocycles. The monoisotopic (exact) mass is 386 g/mol. The first kappa shape index (κ1) is 21.2. The summed E-state index contributed by atoms with van der Waals surface area (Å²) in [5.41, 5.74) is 7.41. The molecule has 2 N–H and O–H groups in total. The Morgan fingerprint density at radius 3 is 2.62 bits per heavy atom. The molecule has 0 saturated carbocycles. The molecule has 0 bridgehead atoms. The van der Waals surface area contributed by atoms with Gasteiger partial charge in [0, 0.05) is 38.4 Å². The summed E-state index contributed by atoms with van der Waals surface area (Å²) >= 11 is 0. The van der Waals surface area contributed by atoms with Crippen LogP contribution in [0.4, 0.5) is 4.39 Å². The molecule has 1 aliphatic heterocycles. The van der Waals surface area contributed by atoms with Gasteiger partial charge in [0.1, 0.15) is 5.82 Å². The highest BCUT2D eigenvalue weighted by Gasteiger charge is 2.35. The van der Waals surface area contributed by atoms with E-state index in [9.17, 15) is 12.8 Å². The number of aromatic nitrogens is 1. The molecule has 0 radical (unpaired) electrons. The van der Waals surface area contributed by atoms with Crippen LogP contribution in [-0.2, 0) is 16.6 Å². The number of halogens is 1. The van der Waals surface area contributed by atoms with Crippen LogP contribution >= 0.6 is 0 Å². The van der Waals surface area contributed by atoms with Crippen LogP contribution in [0.1, 0.15) is 50.2 Å². The van der Waals surface area contributed by atoms with Crippen LogP contribution in [0.25, 0.3) is 0 Å². The lowest BCUT2D eigenvalue weighted by molar-refractivity contribution is 0.280. The van der Waals surface area contributed by atoms with Crippen molar-refractivity contribution in [2.45, 2.75) is 58.4 Å². The smallest absolute Gasteiger partial charge is 0.282 e. The molecular formula is C18H31FN4O2S. The number of aryl methyl sites for hydroxylation is 1. The van der Waals surface area contributed by atoms with E-state index >= 15 is 0 Å². The fraction of sp³-hybridized carbons (Fsp3) is 0.722. The number of nitrogens with zero attached hydrogens (tertiary/aromatic N) is 3. The molecule has 26 heavy (non-hydrogen) atoms. The van der Waals surface area contributed by atoms with Gasteiger partial charge in [-0.05, 0) is 56.6 Å².